The van der Waals surface area contributed by atoms with Gasteiger partial charge in [-0.25, -0.2) is 4.79 Å². The van der Waals surface area contributed by atoms with Gasteiger partial charge in [-0.15, -0.1) is 0 Å². The highest BCUT2D eigenvalue weighted by Gasteiger charge is 2.34. The topological polar surface area (TPSA) is 72.5 Å². The van der Waals surface area contributed by atoms with Gasteiger partial charge in [0.1, 0.15) is 6.61 Å². The maximum atomic E-state index is 12.6. The zero-order valence-corrected chi connectivity index (χ0v) is 13.4. The van der Waals surface area contributed by atoms with Crippen LogP contribution in [-0.4, -0.2) is 23.7 Å². The van der Waals surface area contributed by atoms with E-state index in [-0.39, 0.29) is 18.3 Å². The van der Waals surface area contributed by atoms with E-state index in [2.05, 4.69) is 5.32 Å². The molecule has 124 valence electrons. The molecule has 1 aliphatic rings. The molecule has 23 heavy (non-hydrogen) atoms. The number of hydrogen-bond donors (Lipinski definition) is 1. The van der Waals surface area contributed by atoms with Gasteiger partial charge in [0.05, 0.1) is 0 Å². The van der Waals surface area contributed by atoms with Crippen molar-refractivity contribution in [3.63, 3.8) is 0 Å². The molecule has 0 saturated heterocycles. The third kappa shape index (κ3) is 5.20. The molecular weight excluding hydrogens is 294 g/mol. The lowest BCUT2D eigenvalue weighted by atomic mass is 9.83. The molecule has 0 aromatic heterocycles. The Hall–Kier alpha value is -2.17. The number of rotatable bonds is 6. The van der Waals surface area contributed by atoms with Crippen LogP contribution in [-0.2, 0) is 25.7 Å². The number of ether oxygens (including phenoxy) is 1. The van der Waals surface area contributed by atoms with Crippen LogP contribution < -0.4 is 5.32 Å². The molecule has 1 N–H and O–H groups in total. The van der Waals surface area contributed by atoms with Crippen molar-refractivity contribution in [2.75, 3.05) is 0 Å². The Kier molecular flexibility index (Phi) is 6.32. The standard InChI is InChI=1S/C18H23NO4/c1-13(20)19-16(17(21)15-10-6-3-7-11-15)18(22)23-12-14-8-4-2-5-9-14/h2,4-5,8-9,15-16H,3,6-7,10-12H2,1H3,(H,19,20). The SMILES string of the molecule is CC(=O)NC(C(=O)OCc1ccccc1)C(=O)C1CCCCC1. The highest BCUT2D eigenvalue weighted by Crippen LogP contribution is 2.25. The normalized spacial score (nSPS) is 16.4. The van der Waals surface area contributed by atoms with E-state index >= 15 is 0 Å². The summed E-state index contributed by atoms with van der Waals surface area (Å²) < 4.78 is 5.23. The van der Waals surface area contributed by atoms with Crippen molar-refractivity contribution in [1.82, 2.24) is 5.32 Å². The zero-order chi connectivity index (χ0) is 16.7. The molecule has 1 amide bonds. The molecular formula is C18H23NO4. The Morgan fingerprint density at radius 2 is 1.78 bits per heavy atom. The zero-order valence-electron chi connectivity index (χ0n) is 13.4. The first-order chi connectivity index (χ1) is 11.1. The number of benzene rings is 1. The molecule has 1 fully saturated rings. The molecule has 0 bridgehead atoms. The van der Waals surface area contributed by atoms with E-state index in [0.717, 1.165) is 37.7 Å². The predicted molar refractivity (Wildman–Crippen MR) is 85.4 cm³/mol. The van der Waals surface area contributed by atoms with Crippen LogP contribution in [0.15, 0.2) is 30.3 Å². The second kappa shape index (κ2) is 8.46. The third-order valence-corrected chi connectivity index (χ3v) is 4.10. The lowest BCUT2D eigenvalue weighted by Crippen LogP contribution is -2.49. The van der Waals surface area contributed by atoms with E-state index in [1.54, 1.807) is 0 Å². The molecule has 0 aliphatic heterocycles. The van der Waals surface area contributed by atoms with Gasteiger partial charge in [-0.2, -0.15) is 0 Å². The third-order valence-electron chi connectivity index (χ3n) is 4.10. The first kappa shape index (κ1) is 17.2. The maximum absolute atomic E-state index is 12.6. The summed E-state index contributed by atoms with van der Waals surface area (Å²) in [4.78, 5) is 36.2. The minimum atomic E-state index is -1.20. The Bertz CT molecular complexity index is 549. The summed E-state index contributed by atoms with van der Waals surface area (Å²) >= 11 is 0. The summed E-state index contributed by atoms with van der Waals surface area (Å²) in [5, 5.41) is 2.45. The average molecular weight is 317 g/mol. The molecule has 1 atom stereocenters. The number of hydrogen-bond acceptors (Lipinski definition) is 4. The lowest BCUT2D eigenvalue weighted by Gasteiger charge is -2.24. The summed E-state index contributed by atoms with van der Waals surface area (Å²) in [6.45, 7) is 1.39. The van der Waals surface area contributed by atoms with E-state index in [1.165, 1.54) is 6.92 Å². The Balaban J connectivity index is 1.99. The van der Waals surface area contributed by atoms with Crippen LogP contribution in [0.3, 0.4) is 0 Å². The molecule has 0 heterocycles. The second-order valence-electron chi connectivity index (χ2n) is 5.96. The Morgan fingerprint density at radius 3 is 2.39 bits per heavy atom. The monoisotopic (exact) mass is 317 g/mol. The van der Waals surface area contributed by atoms with Crippen molar-refractivity contribution in [2.45, 2.75) is 51.7 Å². The van der Waals surface area contributed by atoms with E-state index < -0.39 is 17.9 Å². The van der Waals surface area contributed by atoms with Crippen LogP contribution >= 0.6 is 0 Å². The molecule has 1 aliphatic carbocycles. The minimum absolute atomic E-state index is 0.0910. The first-order valence-corrected chi connectivity index (χ1v) is 8.09. The van der Waals surface area contributed by atoms with Crippen LogP contribution in [0.25, 0.3) is 0 Å². The highest BCUT2D eigenvalue weighted by molar-refractivity contribution is 6.06. The van der Waals surface area contributed by atoms with Crippen LogP contribution in [0.4, 0.5) is 0 Å². The van der Waals surface area contributed by atoms with Crippen molar-refractivity contribution in [3.8, 4) is 0 Å². The van der Waals surface area contributed by atoms with Crippen LogP contribution in [0.5, 0.6) is 0 Å². The fraction of sp³-hybridized carbons (Fsp3) is 0.500. The van der Waals surface area contributed by atoms with Gasteiger partial charge < -0.3 is 10.1 Å². The Morgan fingerprint density at radius 1 is 1.13 bits per heavy atom. The van der Waals surface area contributed by atoms with E-state index in [4.69, 9.17) is 4.74 Å². The van der Waals surface area contributed by atoms with Crippen LogP contribution in [0.1, 0.15) is 44.6 Å². The molecule has 2 rings (SSSR count). The number of amides is 1. The van der Waals surface area contributed by atoms with Gasteiger partial charge in [-0.3, -0.25) is 9.59 Å². The van der Waals surface area contributed by atoms with Crippen molar-refractivity contribution < 1.29 is 19.1 Å². The summed E-state index contributed by atoms with van der Waals surface area (Å²) in [5.74, 6) is -1.47. The Labute approximate surface area is 136 Å². The number of nitrogens with one attached hydrogen (secondary N) is 1. The average Bonchev–Trinajstić information content (AvgIpc) is 2.58. The quantitative estimate of drug-likeness (QED) is 0.646. The van der Waals surface area contributed by atoms with E-state index in [9.17, 15) is 14.4 Å². The number of carbonyl (C=O) groups is 3. The minimum Gasteiger partial charge on any atom is -0.459 e. The van der Waals surface area contributed by atoms with Crippen LogP contribution in [0.2, 0.25) is 0 Å². The molecule has 1 aromatic rings. The molecule has 0 spiro atoms. The van der Waals surface area contributed by atoms with Gasteiger partial charge in [0.2, 0.25) is 5.91 Å². The molecule has 1 saturated carbocycles. The second-order valence-corrected chi connectivity index (χ2v) is 5.96. The van der Waals surface area contributed by atoms with Crippen molar-refractivity contribution in [2.24, 2.45) is 5.92 Å². The molecule has 1 unspecified atom stereocenters. The van der Waals surface area contributed by atoms with Crippen molar-refractivity contribution in [1.29, 1.82) is 0 Å². The van der Waals surface area contributed by atoms with Gasteiger partial charge in [-0.05, 0) is 18.4 Å². The van der Waals surface area contributed by atoms with Gasteiger partial charge >= 0.3 is 5.97 Å². The fourth-order valence-electron chi connectivity index (χ4n) is 2.88. The van der Waals surface area contributed by atoms with Crippen molar-refractivity contribution in [3.05, 3.63) is 35.9 Å². The summed E-state index contributed by atoms with van der Waals surface area (Å²) in [6, 6.07) is 8.05. The maximum Gasteiger partial charge on any atom is 0.336 e. The molecule has 5 nitrogen and oxygen atoms in total. The molecule has 1 aromatic carbocycles. The lowest BCUT2D eigenvalue weighted by molar-refractivity contribution is -0.153. The highest BCUT2D eigenvalue weighted by atomic mass is 16.5. The van der Waals surface area contributed by atoms with Gasteiger partial charge in [0, 0.05) is 12.8 Å². The fourth-order valence-corrected chi connectivity index (χ4v) is 2.88. The predicted octanol–water partition coefficient (Wildman–Crippen LogP) is 2.38. The largest absolute Gasteiger partial charge is 0.459 e. The van der Waals surface area contributed by atoms with Crippen molar-refractivity contribution >= 4 is 17.7 Å². The van der Waals surface area contributed by atoms with Gasteiger partial charge in [0.25, 0.3) is 0 Å². The number of Topliss-reactive ketones (excluding diaryl/α,β-unsaturated/α-hetero) is 1. The van der Waals surface area contributed by atoms with Crippen LogP contribution in [0, 0.1) is 5.92 Å². The summed E-state index contributed by atoms with van der Waals surface area (Å²) in [7, 11) is 0. The number of esters is 1. The molecule has 0 radical (unpaired) electrons. The van der Waals surface area contributed by atoms with Gasteiger partial charge in [-0.1, -0.05) is 49.6 Å². The van der Waals surface area contributed by atoms with E-state index in [1.807, 2.05) is 30.3 Å². The van der Waals surface area contributed by atoms with Gasteiger partial charge in [0.15, 0.2) is 11.8 Å². The van der Waals surface area contributed by atoms with E-state index in [0.29, 0.717) is 0 Å². The summed E-state index contributed by atoms with van der Waals surface area (Å²) in [5.41, 5.74) is 0.840. The summed E-state index contributed by atoms with van der Waals surface area (Å²) in [6.07, 6.45) is 4.65. The smallest absolute Gasteiger partial charge is 0.336 e. The molecule has 5 heteroatoms. The number of ketones is 1. The first-order valence-electron chi connectivity index (χ1n) is 8.09. The number of carbonyl (C=O) groups excluding carboxylic acids is 3.